The van der Waals surface area contributed by atoms with Crippen molar-refractivity contribution in [2.45, 2.75) is 44.6 Å². The van der Waals surface area contributed by atoms with Crippen molar-refractivity contribution < 1.29 is 15.0 Å². The fourth-order valence-corrected chi connectivity index (χ4v) is 2.63. The largest absolute Gasteiger partial charge is 0.508 e. The second-order valence-electron chi connectivity index (χ2n) is 5.60. The van der Waals surface area contributed by atoms with E-state index in [1.807, 2.05) is 0 Å². The number of aliphatic hydroxyl groups is 1. The third-order valence-electron chi connectivity index (χ3n) is 3.78. The zero-order valence-corrected chi connectivity index (χ0v) is 12.2. The second-order valence-corrected chi connectivity index (χ2v) is 5.60. The minimum Gasteiger partial charge on any atom is -0.508 e. The fourth-order valence-electron chi connectivity index (χ4n) is 2.63. The van der Waals surface area contributed by atoms with E-state index < -0.39 is 0 Å². The van der Waals surface area contributed by atoms with Crippen LogP contribution in [0.25, 0.3) is 0 Å². The van der Waals surface area contributed by atoms with Crippen LogP contribution in [0.15, 0.2) is 35.9 Å². The Kier molecular flexibility index (Phi) is 5.81. The summed E-state index contributed by atoms with van der Waals surface area (Å²) in [6, 6.07) is 6.53. The molecule has 3 N–H and O–H groups in total. The first-order valence-electron chi connectivity index (χ1n) is 7.53. The van der Waals surface area contributed by atoms with Gasteiger partial charge in [-0.25, -0.2) is 0 Å². The van der Waals surface area contributed by atoms with Gasteiger partial charge in [-0.05, 0) is 49.8 Å². The number of benzene rings is 1. The van der Waals surface area contributed by atoms with E-state index in [-0.39, 0.29) is 24.3 Å². The first kappa shape index (κ1) is 15.6. The summed E-state index contributed by atoms with van der Waals surface area (Å²) in [5.74, 6) is 0.188. The fraction of sp³-hybridized carbons (Fsp3) is 0.471. The summed E-state index contributed by atoms with van der Waals surface area (Å²) in [4.78, 5) is 12.0. The maximum absolute atomic E-state index is 12.0. The average Bonchev–Trinajstić information content (AvgIpc) is 2.49. The van der Waals surface area contributed by atoms with Gasteiger partial charge in [0.05, 0.1) is 12.6 Å². The smallest absolute Gasteiger partial charge is 0.224 e. The Morgan fingerprint density at radius 1 is 1.24 bits per heavy atom. The van der Waals surface area contributed by atoms with Crippen molar-refractivity contribution >= 4 is 5.91 Å². The summed E-state index contributed by atoms with van der Waals surface area (Å²) in [6.45, 7) is -0.0916. The molecule has 0 heterocycles. The van der Waals surface area contributed by atoms with Gasteiger partial charge in [0, 0.05) is 6.42 Å². The van der Waals surface area contributed by atoms with Crippen LogP contribution < -0.4 is 5.32 Å². The van der Waals surface area contributed by atoms with Crippen molar-refractivity contribution in [1.82, 2.24) is 5.32 Å². The van der Waals surface area contributed by atoms with Gasteiger partial charge in [0.25, 0.3) is 0 Å². The summed E-state index contributed by atoms with van der Waals surface area (Å²) < 4.78 is 0. The van der Waals surface area contributed by atoms with Crippen molar-refractivity contribution in [3.8, 4) is 5.75 Å². The molecule has 21 heavy (non-hydrogen) atoms. The molecule has 1 aromatic rings. The number of aromatic hydroxyl groups is 1. The predicted octanol–water partition coefficient (Wildman–Crippen LogP) is 2.30. The molecule has 1 aliphatic carbocycles. The Morgan fingerprint density at radius 3 is 2.62 bits per heavy atom. The number of hydrogen-bond acceptors (Lipinski definition) is 3. The SMILES string of the molecule is O=C(CC1=CCCCC1)N[C@H](CO)Cc1ccc(O)cc1. The lowest BCUT2D eigenvalue weighted by molar-refractivity contribution is -0.121. The van der Waals surface area contributed by atoms with Crippen molar-refractivity contribution in [3.63, 3.8) is 0 Å². The van der Waals surface area contributed by atoms with Crippen LogP contribution in [0.4, 0.5) is 0 Å². The molecule has 0 unspecified atom stereocenters. The Morgan fingerprint density at radius 2 is 2.00 bits per heavy atom. The van der Waals surface area contributed by atoms with Gasteiger partial charge in [-0.2, -0.15) is 0 Å². The molecule has 0 aliphatic heterocycles. The third kappa shape index (κ3) is 5.23. The maximum atomic E-state index is 12.0. The molecule has 114 valence electrons. The predicted molar refractivity (Wildman–Crippen MR) is 82.0 cm³/mol. The molecule has 1 amide bonds. The molecular formula is C17H23NO3. The van der Waals surface area contributed by atoms with Gasteiger partial charge in [0.1, 0.15) is 5.75 Å². The number of amides is 1. The summed E-state index contributed by atoms with van der Waals surface area (Å²) >= 11 is 0. The molecule has 1 aromatic carbocycles. The first-order chi connectivity index (χ1) is 10.2. The van der Waals surface area contributed by atoms with Crippen molar-refractivity contribution in [1.29, 1.82) is 0 Å². The molecular weight excluding hydrogens is 266 g/mol. The Labute approximate surface area is 125 Å². The maximum Gasteiger partial charge on any atom is 0.224 e. The van der Waals surface area contributed by atoms with Crippen molar-refractivity contribution in [2.24, 2.45) is 0 Å². The van der Waals surface area contributed by atoms with Gasteiger partial charge in [-0.15, -0.1) is 0 Å². The molecule has 2 rings (SSSR count). The number of nitrogens with one attached hydrogen (secondary N) is 1. The number of carbonyl (C=O) groups is 1. The molecule has 0 aromatic heterocycles. The zero-order valence-electron chi connectivity index (χ0n) is 12.2. The monoisotopic (exact) mass is 289 g/mol. The van der Waals surface area contributed by atoms with Crippen LogP contribution in [0.3, 0.4) is 0 Å². The zero-order chi connectivity index (χ0) is 15.1. The minimum absolute atomic E-state index is 0.0269. The van der Waals surface area contributed by atoms with Gasteiger partial charge in [0.2, 0.25) is 5.91 Å². The summed E-state index contributed by atoms with van der Waals surface area (Å²) in [6.07, 6.45) is 7.61. The van der Waals surface area contributed by atoms with Gasteiger partial charge < -0.3 is 15.5 Å². The van der Waals surface area contributed by atoms with E-state index in [1.54, 1.807) is 24.3 Å². The van der Waals surface area contributed by atoms with E-state index in [2.05, 4.69) is 11.4 Å². The highest BCUT2D eigenvalue weighted by atomic mass is 16.3. The standard InChI is InChI=1S/C17H23NO3/c19-12-15(10-14-6-8-16(20)9-7-14)18-17(21)11-13-4-2-1-3-5-13/h4,6-9,15,19-20H,1-3,5,10-12H2,(H,18,21)/t15-/m0/s1. The van der Waals surface area contributed by atoms with E-state index in [4.69, 9.17) is 0 Å². The number of aliphatic hydroxyl groups excluding tert-OH is 1. The van der Waals surface area contributed by atoms with E-state index in [9.17, 15) is 15.0 Å². The molecule has 1 atom stereocenters. The topological polar surface area (TPSA) is 69.6 Å². The van der Waals surface area contributed by atoms with E-state index in [0.29, 0.717) is 12.8 Å². The molecule has 0 fully saturated rings. The van der Waals surface area contributed by atoms with Gasteiger partial charge in [0.15, 0.2) is 0 Å². The lowest BCUT2D eigenvalue weighted by Gasteiger charge is -2.18. The number of allylic oxidation sites excluding steroid dienone is 1. The molecule has 0 saturated carbocycles. The molecule has 0 spiro atoms. The highest BCUT2D eigenvalue weighted by Gasteiger charge is 2.14. The molecule has 4 heteroatoms. The van der Waals surface area contributed by atoms with Crippen molar-refractivity contribution in [2.75, 3.05) is 6.61 Å². The summed E-state index contributed by atoms with van der Waals surface area (Å²) in [5, 5.41) is 21.6. The van der Waals surface area contributed by atoms with E-state index >= 15 is 0 Å². The Hall–Kier alpha value is -1.81. The van der Waals surface area contributed by atoms with Gasteiger partial charge >= 0.3 is 0 Å². The second kappa shape index (κ2) is 7.84. The number of hydrogen-bond donors (Lipinski definition) is 3. The lowest BCUT2D eigenvalue weighted by Crippen LogP contribution is -2.39. The summed E-state index contributed by atoms with van der Waals surface area (Å²) in [7, 11) is 0. The van der Waals surface area contributed by atoms with Crippen LogP contribution in [0.5, 0.6) is 5.75 Å². The van der Waals surface area contributed by atoms with Crippen LogP contribution in [-0.4, -0.2) is 28.8 Å². The number of rotatable bonds is 6. The molecule has 0 saturated heterocycles. The third-order valence-corrected chi connectivity index (χ3v) is 3.78. The highest BCUT2D eigenvalue weighted by molar-refractivity contribution is 5.78. The molecule has 1 aliphatic rings. The van der Waals surface area contributed by atoms with Crippen LogP contribution in [0, 0.1) is 0 Å². The van der Waals surface area contributed by atoms with E-state index in [0.717, 1.165) is 24.8 Å². The Bertz CT molecular complexity index is 493. The van der Waals surface area contributed by atoms with Crippen LogP contribution >= 0.6 is 0 Å². The van der Waals surface area contributed by atoms with Gasteiger partial charge in [-0.1, -0.05) is 23.8 Å². The molecule has 0 bridgehead atoms. The van der Waals surface area contributed by atoms with Gasteiger partial charge in [-0.3, -0.25) is 4.79 Å². The quantitative estimate of drug-likeness (QED) is 0.704. The minimum atomic E-state index is -0.286. The normalized spacial score (nSPS) is 16.1. The average molecular weight is 289 g/mol. The number of phenols is 1. The van der Waals surface area contributed by atoms with Crippen LogP contribution in [-0.2, 0) is 11.2 Å². The summed E-state index contributed by atoms with van der Waals surface area (Å²) in [5.41, 5.74) is 2.18. The van der Waals surface area contributed by atoms with Crippen molar-refractivity contribution in [3.05, 3.63) is 41.5 Å². The van der Waals surface area contributed by atoms with E-state index in [1.165, 1.54) is 12.0 Å². The highest BCUT2D eigenvalue weighted by Crippen LogP contribution is 2.20. The first-order valence-corrected chi connectivity index (χ1v) is 7.53. The number of carbonyl (C=O) groups excluding carboxylic acids is 1. The lowest BCUT2D eigenvalue weighted by atomic mass is 9.97. The van der Waals surface area contributed by atoms with Crippen LogP contribution in [0.1, 0.15) is 37.7 Å². The molecule has 4 nitrogen and oxygen atoms in total. The Balaban J connectivity index is 1.84. The number of phenolic OH excluding ortho intramolecular Hbond substituents is 1. The molecule has 0 radical (unpaired) electrons. The van der Waals surface area contributed by atoms with Crippen LogP contribution in [0.2, 0.25) is 0 Å².